The van der Waals surface area contributed by atoms with Crippen LogP contribution in [-0.4, -0.2) is 81.8 Å². The van der Waals surface area contributed by atoms with Crippen molar-refractivity contribution in [2.75, 3.05) is 42.2 Å². The highest BCUT2D eigenvalue weighted by Crippen LogP contribution is 2.48. The third kappa shape index (κ3) is 8.35. The molecule has 5 rings (SSSR count). The number of aryl methyl sites for hydroxylation is 1. The summed E-state index contributed by atoms with van der Waals surface area (Å²) in [6.07, 6.45) is 8.78. The average Bonchev–Trinajstić information content (AvgIpc) is 3.39. The maximum Gasteiger partial charge on any atom is 0.322 e. The fourth-order valence-corrected chi connectivity index (χ4v) is 7.60. The van der Waals surface area contributed by atoms with Gasteiger partial charge in [-0.1, -0.05) is 38.0 Å². The van der Waals surface area contributed by atoms with E-state index in [4.69, 9.17) is 16.7 Å². The number of hydrogen-bond donors (Lipinski definition) is 4. The number of anilines is 3. The fourth-order valence-electron chi connectivity index (χ4n) is 6.93. The van der Waals surface area contributed by atoms with Gasteiger partial charge in [-0.2, -0.15) is 27.9 Å². The van der Waals surface area contributed by atoms with E-state index in [0.29, 0.717) is 19.4 Å². The first-order chi connectivity index (χ1) is 24.4. The highest BCUT2D eigenvalue weighted by atomic mass is 35.5. The molecule has 3 heterocycles. The van der Waals surface area contributed by atoms with E-state index in [1.165, 1.54) is 22.9 Å². The second-order valence-electron chi connectivity index (χ2n) is 14.1. The van der Waals surface area contributed by atoms with Crippen LogP contribution < -0.4 is 15.5 Å². The standard InChI is InChI=1S/C37H44ClN7O6S/c1-23-14-16-28-26(19-23)36(2,3)30(44(28)6)12-10-13-31-37(4,5)27-20-25(52(49,50)51)15-17-29(27)45(31)18-9-7-8-11-24(46)21-39-34-41-33(38)42-35(43-34)40-22-32(47)48/h10,12-17,19-20H,7-9,11,18,21-22H2,1-6H3,(H3-,39,40,41,42,43,47,48,49,50,51)/p+1. The Kier molecular flexibility index (Phi) is 11.2. The molecule has 2 aromatic carbocycles. The topological polar surface area (TPSA) is 178 Å². The molecule has 2 aliphatic heterocycles. The molecule has 0 saturated heterocycles. The van der Waals surface area contributed by atoms with Crippen molar-refractivity contribution in [3.05, 3.63) is 82.3 Å². The highest BCUT2D eigenvalue weighted by Gasteiger charge is 2.43. The lowest BCUT2D eigenvalue weighted by Crippen LogP contribution is -2.27. The number of nitrogens with one attached hydrogen (secondary N) is 2. The molecule has 0 unspecified atom stereocenters. The number of benzene rings is 2. The Morgan fingerprint density at radius 2 is 1.63 bits per heavy atom. The van der Waals surface area contributed by atoms with Crippen molar-refractivity contribution >= 4 is 62.5 Å². The maximum atomic E-state index is 12.7. The van der Waals surface area contributed by atoms with Crippen molar-refractivity contribution < 1.29 is 32.2 Å². The van der Waals surface area contributed by atoms with Gasteiger partial charge in [-0.15, -0.1) is 0 Å². The third-order valence-corrected chi connectivity index (χ3v) is 10.7. The minimum absolute atomic E-state index is 0.0174. The lowest BCUT2D eigenvalue weighted by atomic mass is 9.80. The Morgan fingerprint density at radius 3 is 2.31 bits per heavy atom. The van der Waals surface area contributed by atoms with Gasteiger partial charge >= 0.3 is 5.97 Å². The number of halogens is 1. The molecule has 0 spiro atoms. The van der Waals surface area contributed by atoms with Crippen molar-refractivity contribution in [2.24, 2.45) is 0 Å². The number of carbonyl (C=O) groups excluding carboxylic acids is 1. The van der Waals surface area contributed by atoms with Crippen molar-refractivity contribution in [1.29, 1.82) is 0 Å². The molecule has 276 valence electrons. The number of allylic oxidation sites excluding steroid dienone is 4. The summed E-state index contributed by atoms with van der Waals surface area (Å²) >= 11 is 5.91. The first-order valence-electron chi connectivity index (χ1n) is 17.0. The van der Waals surface area contributed by atoms with Crippen molar-refractivity contribution in [3.63, 3.8) is 0 Å². The number of aromatic nitrogens is 3. The van der Waals surface area contributed by atoms with E-state index in [2.05, 4.69) is 99.3 Å². The van der Waals surface area contributed by atoms with Gasteiger partial charge in [-0.3, -0.25) is 14.1 Å². The van der Waals surface area contributed by atoms with Crippen LogP contribution in [0.3, 0.4) is 0 Å². The zero-order valence-electron chi connectivity index (χ0n) is 30.2. The molecule has 15 heteroatoms. The first kappa shape index (κ1) is 38.6. The van der Waals surface area contributed by atoms with Gasteiger partial charge < -0.3 is 20.6 Å². The predicted octanol–water partition coefficient (Wildman–Crippen LogP) is 6.06. The minimum Gasteiger partial charge on any atom is -0.480 e. The number of hydrogen-bond acceptors (Lipinski definition) is 10. The molecule has 1 aromatic heterocycles. The molecule has 2 aliphatic rings. The van der Waals surface area contributed by atoms with E-state index < -0.39 is 28.0 Å². The van der Waals surface area contributed by atoms with E-state index in [1.807, 2.05) is 13.8 Å². The van der Waals surface area contributed by atoms with Crippen molar-refractivity contribution in [2.45, 2.75) is 76.0 Å². The number of nitrogens with zero attached hydrogens (tertiary/aromatic N) is 5. The summed E-state index contributed by atoms with van der Waals surface area (Å²) in [5.74, 6) is -1.10. The van der Waals surface area contributed by atoms with Crippen LogP contribution in [0.2, 0.25) is 5.28 Å². The van der Waals surface area contributed by atoms with Gasteiger partial charge in [-0.25, -0.2) is 0 Å². The van der Waals surface area contributed by atoms with Gasteiger partial charge in [0.1, 0.15) is 13.6 Å². The number of aliphatic carboxylic acids is 1. The summed E-state index contributed by atoms with van der Waals surface area (Å²) in [6.45, 7) is 10.9. The number of unbranched alkanes of at least 4 members (excludes halogenated alkanes) is 2. The summed E-state index contributed by atoms with van der Waals surface area (Å²) in [5, 5.41) is 14.0. The van der Waals surface area contributed by atoms with E-state index in [1.54, 1.807) is 12.1 Å². The van der Waals surface area contributed by atoms with E-state index in [0.717, 1.165) is 35.5 Å². The average molecular weight is 751 g/mol. The normalized spacial score (nSPS) is 16.8. The number of carboxylic acid groups (broad SMARTS) is 1. The molecule has 0 radical (unpaired) electrons. The molecule has 0 atom stereocenters. The van der Waals surface area contributed by atoms with Gasteiger partial charge in [0.05, 0.1) is 16.9 Å². The Balaban J connectivity index is 1.27. The molecule has 4 N–H and O–H groups in total. The molecule has 0 saturated carbocycles. The Bertz CT molecular complexity index is 2110. The molecule has 13 nitrogen and oxygen atoms in total. The van der Waals surface area contributed by atoms with Crippen LogP contribution in [-0.2, 0) is 30.5 Å². The van der Waals surface area contributed by atoms with Gasteiger partial charge in [0.2, 0.25) is 22.9 Å². The van der Waals surface area contributed by atoms with Crippen LogP contribution in [0, 0.1) is 6.92 Å². The van der Waals surface area contributed by atoms with E-state index in [-0.39, 0.29) is 39.8 Å². The molecular weight excluding hydrogens is 706 g/mol. The van der Waals surface area contributed by atoms with Crippen LogP contribution in [0.4, 0.5) is 23.3 Å². The predicted molar refractivity (Wildman–Crippen MR) is 202 cm³/mol. The van der Waals surface area contributed by atoms with Gasteiger partial charge in [0.15, 0.2) is 11.5 Å². The quantitative estimate of drug-likeness (QED) is 0.0803. The second kappa shape index (κ2) is 15.1. The largest absolute Gasteiger partial charge is 0.480 e. The summed E-state index contributed by atoms with van der Waals surface area (Å²) in [4.78, 5) is 37.3. The van der Waals surface area contributed by atoms with E-state index in [9.17, 15) is 22.6 Å². The van der Waals surface area contributed by atoms with Gasteiger partial charge in [0, 0.05) is 47.5 Å². The number of carbonyl (C=O) groups is 2. The van der Waals surface area contributed by atoms with Crippen LogP contribution in [0.5, 0.6) is 0 Å². The van der Waals surface area contributed by atoms with Crippen LogP contribution >= 0.6 is 11.6 Å². The summed E-state index contributed by atoms with van der Waals surface area (Å²) in [6, 6.07) is 11.3. The molecule has 0 fully saturated rings. The minimum atomic E-state index is -4.39. The summed E-state index contributed by atoms with van der Waals surface area (Å²) < 4.78 is 36.2. The molecule has 52 heavy (non-hydrogen) atoms. The molecule has 3 aromatic rings. The zero-order chi connectivity index (χ0) is 38.0. The van der Waals surface area contributed by atoms with Crippen LogP contribution in [0.15, 0.2) is 65.2 Å². The molecule has 0 bridgehead atoms. The van der Waals surface area contributed by atoms with Gasteiger partial charge in [-0.05, 0) is 81.1 Å². The van der Waals surface area contributed by atoms with Crippen molar-refractivity contribution in [3.8, 4) is 0 Å². The third-order valence-electron chi connectivity index (χ3n) is 9.64. The lowest BCUT2D eigenvalue weighted by molar-refractivity contribution is -0.401. The first-order valence-corrected chi connectivity index (χ1v) is 18.8. The number of rotatable bonds is 15. The second-order valence-corrected chi connectivity index (χ2v) is 15.9. The Hall–Kier alpha value is -4.66. The number of ketones is 1. The van der Waals surface area contributed by atoms with E-state index >= 15 is 0 Å². The zero-order valence-corrected chi connectivity index (χ0v) is 31.8. The Morgan fingerprint density at radius 1 is 0.942 bits per heavy atom. The highest BCUT2D eigenvalue weighted by molar-refractivity contribution is 7.85. The van der Waals surface area contributed by atoms with Crippen LogP contribution in [0.1, 0.15) is 70.1 Å². The Labute approximate surface area is 309 Å². The molecular formula is C37H45ClN7O6S+. The lowest BCUT2D eigenvalue weighted by Gasteiger charge is -2.27. The summed E-state index contributed by atoms with van der Waals surface area (Å²) in [5.41, 5.74) is 6.74. The monoisotopic (exact) mass is 750 g/mol. The number of carboxylic acids is 1. The fraction of sp³-hybridized carbons (Fsp3) is 0.405. The molecule has 0 amide bonds. The maximum absolute atomic E-state index is 12.7. The number of Topliss-reactive ketones (excluding diaryl/α,β-unsaturated/α-hetero) is 1. The van der Waals surface area contributed by atoms with Crippen molar-refractivity contribution in [1.82, 2.24) is 15.0 Å². The van der Waals surface area contributed by atoms with Crippen LogP contribution in [0.25, 0.3) is 0 Å². The number of fused-ring (bicyclic) bond motifs is 2. The molecule has 0 aliphatic carbocycles. The smallest absolute Gasteiger partial charge is 0.322 e. The summed E-state index contributed by atoms with van der Waals surface area (Å²) in [7, 11) is -2.31. The van der Waals surface area contributed by atoms with Gasteiger partial charge in [0.25, 0.3) is 10.1 Å². The SMILES string of the molecule is Cc1ccc2c(c1)C(C)(C)C(/C=C/C=C1/N(CCCCCC(=O)CNc3nc(Cl)nc(NCC(=O)O)n3)c3ccc(S(=O)(=O)O)cc3C1(C)C)=[N+]2C.